The van der Waals surface area contributed by atoms with Crippen LogP contribution in [0.25, 0.3) is 0 Å². The fourth-order valence-electron chi connectivity index (χ4n) is 12.9. The van der Waals surface area contributed by atoms with Crippen molar-refractivity contribution < 1.29 is 80.2 Å². The Labute approximate surface area is 626 Å². The summed E-state index contributed by atoms with van der Waals surface area (Å²) in [5.74, 6) is -0.595. The van der Waals surface area contributed by atoms with Gasteiger partial charge in [0.15, 0.2) is 12.2 Å². The number of hydrogen-bond donors (Lipinski definition) is 3. The van der Waals surface area contributed by atoms with Crippen LogP contribution in [-0.4, -0.2) is 96.7 Å². The van der Waals surface area contributed by atoms with Crippen molar-refractivity contribution in [3.8, 4) is 0 Å². The Morgan fingerprint density at radius 2 is 0.451 bits per heavy atom. The molecule has 3 N–H and O–H groups in total. The van der Waals surface area contributed by atoms with Crippen molar-refractivity contribution in [2.75, 3.05) is 39.6 Å². The molecule has 0 aromatic carbocycles. The van der Waals surface area contributed by atoms with Crippen molar-refractivity contribution in [2.45, 2.75) is 458 Å². The maximum Gasteiger partial charge on any atom is 0.472 e. The summed E-state index contributed by atoms with van der Waals surface area (Å²) in [6, 6.07) is 0. The molecule has 0 aliphatic rings. The fraction of sp³-hybridized carbons (Fsp3) is 0.952. The lowest BCUT2D eigenvalue weighted by atomic mass is 10.0. The van der Waals surface area contributed by atoms with E-state index in [1.165, 1.54) is 257 Å². The number of esters is 4. The topological polar surface area (TPSA) is 237 Å². The van der Waals surface area contributed by atoms with E-state index in [4.69, 9.17) is 37.0 Å². The molecular weight excluding hydrogens is 1330 g/mol. The van der Waals surface area contributed by atoms with Crippen molar-refractivity contribution in [3.63, 3.8) is 0 Å². The zero-order valence-corrected chi connectivity index (χ0v) is 68.7. The van der Waals surface area contributed by atoms with E-state index >= 15 is 0 Å². The number of carbonyl (C=O) groups excluding carboxylic acids is 4. The minimum absolute atomic E-state index is 0.106. The normalized spacial score (nSPS) is 13.9. The lowest BCUT2D eigenvalue weighted by Gasteiger charge is -2.21. The van der Waals surface area contributed by atoms with Crippen LogP contribution in [0.5, 0.6) is 0 Å². The maximum absolute atomic E-state index is 13.1. The molecule has 0 aliphatic heterocycles. The van der Waals surface area contributed by atoms with Gasteiger partial charge in [0.2, 0.25) is 0 Å². The number of phosphoric ester groups is 2. The van der Waals surface area contributed by atoms with Crippen LogP contribution in [0.4, 0.5) is 0 Å². The Balaban J connectivity index is 5.26. The van der Waals surface area contributed by atoms with Crippen LogP contribution in [-0.2, 0) is 65.4 Å². The number of carbonyl (C=O) groups is 4. The number of aliphatic hydroxyl groups excluding tert-OH is 1. The molecule has 0 fully saturated rings. The first-order chi connectivity index (χ1) is 49.4. The third kappa shape index (κ3) is 76.3. The van der Waals surface area contributed by atoms with Gasteiger partial charge < -0.3 is 33.8 Å². The highest BCUT2D eigenvalue weighted by atomic mass is 31.2. The molecule has 17 nitrogen and oxygen atoms in total. The summed E-state index contributed by atoms with van der Waals surface area (Å²) in [6.45, 7) is 9.64. The Morgan fingerprint density at radius 3 is 0.667 bits per heavy atom. The first-order valence-corrected chi connectivity index (χ1v) is 46.0. The van der Waals surface area contributed by atoms with E-state index < -0.39 is 97.5 Å². The molecule has 19 heteroatoms. The first kappa shape index (κ1) is 100. The molecule has 0 aromatic heterocycles. The maximum atomic E-state index is 13.1. The molecule has 0 aliphatic carbocycles. The van der Waals surface area contributed by atoms with E-state index in [2.05, 4.69) is 41.5 Å². The van der Waals surface area contributed by atoms with Crippen molar-refractivity contribution >= 4 is 39.5 Å². The molecule has 0 heterocycles. The summed E-state index contributed by atoms with van der Waals surface area (Å²) in [6.07, 6.45) is 65.2. The molecule has 606 valence electrons. The Hall–Kier alpha value is -1.94. The monoisotopic (exact) mass is 1490 g/mol. The van der Waals surface area contributed by atoms with Gasteiger partial charge in [-0.2, -0.15) is 0 Å². The average molecular weight is 1490 g/mol. The van der Waals surface area contributed by atoms with Crippen LogP contribution in [0.2, 0.25) is 0 Å². The SMILES string of the molecule is CCCCCCCCCCCCCCCCCCCCCC(=O)O[C@H](COC(=O)CCCCCCCCCCCCCCCCCCC)COP(=O)(O)OC[C@@H](O)COP(=O)(O)OC[C@@H](COC(=O)CCCCCCCCCCCCC(C)C)OC(=O)CCCCCCCCCCCCC(C)C. The number of unbranched alkanes of at least 4 members (excludes halogenated alkanes) is 52. The average Bonchev–Trinajstić information content (AvgIpc) is 0.911. The zero-order chi connectivity index (χ0) is 74.9. The van der Waals surface area contributed by atoms with E-state index in [1.807, 2.05) is 0 Å². The Bertz CT molecular complexity index is 1960. The molecule has 5 atom stereocenters. The van der Waals surface area contributed by atoms with Gasteiger partial charge in [-0.25, -0.2) is 9.13 Å². The Morgan fingerprint density at radius 1 is 0.265 bits per heavy atom. The van der Waals surface area contributed by atoms with Gasteiger partial charge in [0.05, 0.1) is 26.4 Å². The molecule has 0 spiro atoms. The first-order valence-electron chi connectivity index (χ1n) is 43.0. The second kappa shape index (κ2) is 74.5. The van der Waals surface area contributed by atoms with Crippen LogP contribution in [0.3, 0.4) is 0 Å². The molecule has 0 amide bonds. The molecule has 0 rings (SSSR count). The van der Waals surface area contributed by atoms with Crippen LogP contribution < -0.4 is 0 Å². The van der Waals surface area contributed by atoms with Gasteiger partial charge in [0, 0.05) is 25.7 Å². The van der Waals surface area contributed by atoms with Crippen molar-refractivity contribution in [1.82, 2.24) is 0 Å². The highest BCUT2D eigenvalue weighted by Gasteiger charge is 2.30. The van der Waals surface area contributed by atoms with Gasteiger partial charge in [-0.15, -0.1) is 0 Å². The Kier molecular flexibility index (Phi) is 73.1. The summed E-state index contributed by atoms with van der Waals surface area (Å²) in [5.41, 5.74) is 0. The van der Waals surface area contributed by atoms with E-state index in [9.17, 15) is 43.2 Å². The molecule has 0 aromatic rings. The summed E-state index contributed by atoms with van der Waals surface area (Å²) in [5, 5.41) is 10.7. The predicted molar refractivity (Wildman–Crippen MR) is 418 cm³/mol. The third-order valence-electron chi connectivity index (χ3n) is 19.5. The zero-order valence-electron chi connectivity index (χ0n) is 66.9. The number of rotatable bonds is 82. The number of hydrogen-bond acceptors (Lipinski definition) is 15. The summed E-state index contributed by atoms with van der Waals surface area (Å²) in [7, 11) is -9.92. The van der Waals surface area contributed by atoms with Gasteiger partial charge >= 0.3 is 39.5 Å². The van der Waals surface area contributed by atoms with Gasteiger partial charge in [-0.3, -0.25) is 37.3 Å². The molecule has 0 saturated heterocycles. The second-order valence-corrected chi connectivity index (χ2v) is 33.7. The predicted octanol–water partition coefficient (Wildman–Crippen LogP) is 25.1. The second-order valence-electron chi connectivity index (χ2n) is 30.8. The van der Waals surface area contributed by atoms with E-state index in [1.54, 1.807) is 0 Å². The van der Waals surface area contributed by atoms with Crippen molar-refractivity contribution in [2.24, 2.45) is 11.8 Å². The highest BCUT2D eigenvalue weighted by molar-refractivity contribution is 7.47. The van der Waals surface area contributed by atoms with Crippen LogP contribution in [0, 0.1) is 11.8 Å². The molecular formula is C83H162O17P2. The lowest BCUT2D eigenvalue weighted by Crippen LogP contribution is -2.30. The third-order valence-corrected chi connectivity index (χ3v) is 21.4. The smallest absolute Gasteiger partial charge is 0.462 e. The molecule has 0 radical (unpaired) electrons. The molecule has 2 unspecified atom stereocenters. The molecule has 0 saturated carbocycles. The number of ether oxygens (including phenoxy) is 4. The van der Waals surface area contributed by atoms with E-state index in [-0.39, 0.29) is 25.7 Å². The largest absolute Gasteiger partial charge is 0.472 e. The number of aliphatic hydroxyl groups is 1. The van der Waals surface area contributed by atoms with Gasteiger partial charge in [-0.1, -0.05) is 388 Å². The van der Waals surface area contributed by atoms with Crippen LogP contribution >= 0.6 is 15.6 Å². The fourth-order valence-corrected chi connectivity index (χ4v) is 14.5. The number of phosphoric acid groups is 2. The van der Waals surface area contributed by atoms with Crippen LogP contribution in [0.1, 0.15) is 440 Å². The highest BCUT2D eigenvalue weighted by Crippen LogP contribution is 2.45. The van der Waals surface area contributed by atoms with Gasteiger partial charge in [0.1, 0.15) is 19.3 Å². The van der Waals surface area contributed by atoms with E-state index in [0.717, 1.165) is 102 Å². The molecule has 0 bridgehead atoms. The summed E-state index contributed by atoms with van der Waals surface area (Å²) < 4.78 is 68.8. The standard InChI is InChI=1S/C83H162O17P2/c1-7-9-11-13-15-17-19-21-23-25-26-28-30-32-34-43-49-55-61-67-82(87)99-78(71-93-80(85)65-59-53-47-41-33-31-29-27-24-22-20-18-16-14-12-10-8-2)73-97-101(89,90)95-69-77(84)70-96-102(91,92)98-74-79(100-83(88)68-62-56-50-44-38-36-40-46-52-58-64-76(5)6)72-94-81(86)66-60-54-48-42-37-35-39-45-51-57-63-75(3)4/h75-79,84H,7-74H2,1-6H3,(H,89,90)(H,91,92)/t77-,78-,79-/m1/s1. The minimum Gasteiger partial charge on any atom is -0.462 e. The van der Waals surface area contributed by atoms with Crippen molar-refractivity contribution in [1.29, 1.82) is 0 Å². The quantitative estimate of drug-likeness (QED) is 0.0222. The van der Waals surface area contributed by atoms with Crippen molar-refractivity contribution in [3.05, 3.63) is 0 Å². The lowest BCUT2D eigenvalue weighted by molar-refractivity contribution is -0.161. The van der Waals surface area contributed by atoms with E-state index in [0.29, 0.717) is 25.7 Å². The summed E-state index contributed by atoms with van der Waals surface area (Å²) in [4.78, 5) is 73.1. The van der Waals surface area contributed by atoms with Gasteiger partial charge in [0.25, 0.3) is 0 Å². The van der Waals surface area contributed by atoms with Gasteiger partial charge in [-0.05, 0) is 37.5 Å². The molecule has 102 heavy (non-hydrogen) atoms. The van der Waals surface area contributed by atoms with Crippen LogP contribution in [0.15, 0.2) is 0 Å². The minimum atomic E-state index is -4.96. The summed E-state index contributed by atoms with van der Waals surface area (Å²) >= 11 is 0.